The van der Waals surface area contributed by atoms with Crippen molar-refractivity contribution in [3.05, 3.63) is 47.2 Å². The molecule has 4 heterocycles. The number of piperazine rings is 1. The van der Waals surface area contributed by atoms with Crippen LogP contribution in [-0.4, -0.2) is 101 Å². The van der Waals surface area contributed by atoms with Crippen LogP contribution in [0.5, 0.6) is 6.01 Å². The van der Waals surface area contributed by atoms with Crippen LogP contribution in [0.1, 0.15) is 69.3 Å². The van der Waals surface area contributed by atoms with Gasteiger partial charge in [0.1, 0.15) is 24.6 Å². The lowest BCUT2D eigenvalue weighted by Gasteiger charge is -2.41. The number of rotatable bonds is 7. The Morgan fingerprint density at radius 2 is 1.83 bits per heavy atom. The minimum Gasteiger partial charge on any atom is -0.462 e. The van der Waals surface area contributed by atoms with Crippen molar-refractivity contribution in [3.63, 3.8) is 0 Å². The van der Waals surface area contributed by atoms with E-state index < -0.39 is 11.7 Å². The highest BCUT2D eigenvalue weighted by Gasteiger charge is 2.46. The normalized spacial score (nSPS) is 24.4. The minimum absolute atomic E-state index is 0.166. The van der Waals surface area contributed by atoms with Gasteiger partial charge >= 0.3 is 18.2 Å². The van der Waals surface area contributed by atoms with E-state index in [-0.39, 0.29) is 37.1 Å². The number of hydrogen-bond donors (Lipinski definition) is 0. The van der Waals surface area contributed by atoms with Crippen molar-refractivity contribution in [3.8, 4) is 12.1 Å². The first-order valence-corrected chi connectivity index (χ1v) is 16.4. The average Bonchev–Trinajstić information content (AvgIpc) is 3.61. The summed E-state index contributed by atoms with van der Waals surface area (Å²) in [5.41, 5.74) is 2.12. The number of benzene rings is 1. The van der Waals surface area contributed by atoms with Gasteiger partial charge in [0.05, 0.1) is 30.3 Å². The van der Waals surface area contributed by atoms with Crippen LogP contribution in [0.3, 0.4) is 0 Å². The number of likely N-dealkylation sites (tertiary alicyclic amines) is 2. The third kappa shape index (κ3) is 6.99. The number of ether oxygens (including phenoxy) is 3. The van der Waals surface area contributed by atoms with E-state index in [4.69, 9.17) is 24.2 Å². The Morgan fingerprint density at radius 1 is 1.02 bits per heavy atom. The fourth-order valence-corrected chi connectivity index (χ4v) is 7.14. The van der Waals surface area contributed by atoms with Crippen LogP contribution in [0.4, 0.5) is 15.4 Å². The second-order valence-electron chi connectivity index (χ2n) is 13.9. The Labute approximate surface area is 271 Å². The second kappa shape index (κ2) is 13.3. The van der Waals surface area contributed by atoms with Crippen molar-refractivity contribution in [1.29, 1.82) is 5.26 Å². The van der Waals surface area contributed by atoms with Crippen molar-refractivity contribution < 1.29 is 23.8 Å². The standard InChI is InChI=1S/C34H45N7O5/c1-34(2,3)46-33(43)41-19-24-17-27-29(28(41)18-24)36-31(44-22-26-11-8-14-38(26)4)37-30(27)39-15-16-40(25(20-39)12-13-35)32(42)45-21-23-9-6-5-7-10-23/h5-7,9-10,24-26,28H,8,11-12,14-22H2,1-4H3/t24-,25?,26?,28-/m1/s1. The first-order chi connectivity index (χ1) is 22.1. The van der Waals surface area contributed by atoms with Gasteiger partial charge in [-0.05, 0) is 71.5 Å². The summed E-state index contributed by atoms with van der Waals surface area (Å²) < 4.78 is 17.7. The molecule has 1 aliphatic carbocycles. The average molecular weight is 632 g/mol. The van der Waals surface area contributed by atoms with Gasteiger partial charge in [-0.2, -0.15) is 15.2 Å². The van der Waals surface area contributed by atoms with Crippen LogP contribution in [0.2, 0.25) is 0 Å². The molecule has 3 saturated heterocycles. The van der Waals surface area contributed by atoms with Gasteiger partial charge in [0, 0.05) is 37.8 Å². The van der Waals surface area contributed by atoms with Crippen molar-refractivity contribution in [2.24, 2.45) is 5.92 Å². The summed E-state index contributed by atoms with van der Waals surface area (Å²) in [5.74, 6) is 1.02. The molecule has 0 N–H and O–H groups in total. The predicted octanol–water partition coefficient (Wildman–Crippen LogP) is 4.54. The Balaban J connectivity index is 1.26. The molecule has 246 valence electrons. The first kappa shape index (κ1) is 31.9. The fourth-order valence-electron chi connectivity index (χ4n) is 7.14. The zero-order valence-electron chi connectivity index (χ0n) is 27.4. The molecule has 2 bridgehead atoms. The van der Waals surface area contributed by atoms with Gasteiger partial charge in [-0.15, -0.1) is 0 Å². The minimum atomic E-state index is -0.604. The van der Waals surface area contributed by atoms with Crippen molar-refractivity contribution in [2.75, 3.05) is 51.3 Å². The molecule has 1 aromatic heterocycles. The number of carbonyl (C=O) groups is 2. The Hall–Kier alpha value is -4.11. The molecule has 0 saturated carbocycles. The highest BCUT2D eigenvalue weighted by atomic mass is 16.6. The van der Waals surface area contributed by atoms with E-state index in [9.17, 15) is 14.9 Å². The zero-order chi connectivity index (χ0) is 32.4. The maximum atomic E-state index is 13.3. The highest BCUT2D eigenvalue weighted by Crippen LogP contribution is 2.46. The molecule has 6 rings (SSSR count). The number of anilines is 1. The maximum Gasteiger partial charge on any atom is 0.410 e. The third-order valence-electron chi connectivity index (χ3n) is 9.45. The van der Waals surface area contributed by atoms with E-state index >= 15 is 0 Å². The maximum absolute atomic E-state index is 13.3. The van der Waals surface area contributed by atoms with Crippen LogP contribution in [0.25, 0.3) is 0 Å². The van der Waals surface area contributed by atoms with Gasteiger partial charge in [0.2, 0.25) is 0 Å². The topological polar surface area (TPSA) is 124 Å². The molecular weight excluding hydrogens is 586 g/mol. The van der Waals surface area contributed by atoms with Crippen LogP contribution in [-0.2, 0) is 22.5 Å². The summed E-state index contributed by atoms with van der Waals surface area (Å²) in [6.07, 6.45) is 3.14. The molecule has 46 heavy (non-hydrogen) atoms. The molecule has 2 amide bonds. The zero-order valence-corrected chi connectivity index (χ0v) is 27.4. The summed E-state index contributed by atoms with van der Waals surface area (Å²) in [7, 11) is 2.11. The van der Waals surface area contributed by atoms with Gasteiger partial charge in [0.25, 0.3) is 0 Å². The summed E-state index contributed by atoms with van der Waals surface area (Å²) >= 11 is 0. The molecule has 2 unspecified atom stereocenters. The van der Waals surface area contributed by atoms with E-state index in [1.165, 1.54) is 0 Å². The molecule has 1 aromatic carbocycles. The number of aromatic nitrogens is 2. The summed E-state index contributed by atoms with van der Waals surface area (Å²) in [6, 6.07) is 11.8. The molecule has 2 aromatic rings. The monoisotopic (exact) mass is 631 g/mol. The fraction of sp³-hybridized carbons (Fsp3) is 0.618. The Kier molecular flexibility index (Phi) is 9.22. The first-order valence-electron chi connectivity index (χ1n) is 16.4. The molecule has 0 spiro atoms. The molecule has 12 nitrogen and oxygen atoms in total. The van der Waals surface area contributed by atoms with Crippen LogP contribution >= 0.6 is 0 Å². The van der Waals surface area contributed by atoms with Crippen LogP contribution in [0.15, 0.2) is 30.3 Å². The van der Waals surface area contributed by atoms with E-state index in [1.807, 2.05) is 56.0 Å². The van der Waals surface area contributed by atoms with Gasteiger partial charge in [-0.3, -0.25) is 4.90 Å². The number of amides is 2. The van der Waals surface area contributed by atoms with E-state index in [2.05, 4.69) is 22.9 Å². The van der Waals surface area contributed by atoms with Crippen molar-refractivity contribution in [1.82, 2.24) is 24.7 Å². The molecule has 0 radical (unpaired) electrons. The van der Waals surface area contributed by atoms with Crippen molar-refractivity contribution >= 4 is 18.0 Å². The van der Waals surface area contributed by atoms with E-state index in [1.54, 1.807) is 4.90 Å². The number of nitriles is 1. The van der Waals surface area contributed by atoms with Crippen LogP contribution < -0.4 is 9.64 Å². The van der Waals surface area contributed by atoms with Gasteiger partial charge in [-0.1, -0.05) is 30.3 Å². The summed E-state index contributed by atoms with van der Waals surface area (Å²) in [6.45, 7) is 9.25. The molecule has 3 fully saturated rings. The second-order valence-corrected chi connectivity index (χ2v) is 13.9. The van der Waals surface area contributed by atoms with Crippen LogP contribution in [0, 0.1) is 17.2 Å². The number of carbonyl (C=O) groups excluding carboxylic acids is 2. The summed E-state index contributed by atoms with van der Waals surface area (Å²) in [5, 5.41) is 9.71. The van der Waals surface area contributed by atoms with Gasteiger partial charge < -0.3 is 28.9 Å². The lowest BCUT2D eigenvalue weighted by atomic mass is 9.87. The summed E-state index contributed by atoms with van der Waals surface area (Å²) in [4.78, 5) is 44.4. The third-order valence-corrected chi connectivity index (χ3v) is 9.45. The molecule has 4 aliphatic rings. The van der Waals surface area contributed by atoms with Crippen molar-refractivity contribution in [2.45, 2.75) is 83.2 Å². The quantitative estimate of drug-likeness (QED) is 0.430. The smallest absolute Gasteiger partial charge is 0.410 e. The Bertz CT molecular complexity index is 1460. The molecular formula is C34H45N7O5. The van der Waals surface area contributed by atoms with Gasteiger partial charge in [0.15, 0.2) is 0 Å². The number of nitrogens with zero attached hydrogens (tertiary/aromatic N) is 7. The van der Waals surface area contributed by atoms with E-state index in [0.717, 1.165) is 54.9 Å². The SMILES string of the molecule is CN1CCCC1COc1nc2c(c(N3CCN(C(=O)OCc4ccccc4)C(CC#N)C3)n1)C[C@@H]1C[C@H]2N(C(=O)OC(C)(C)C)C1. The predicted molar refractivity (Wildman–Crippen MR) is 170 cm³/mol. The number of likely N-dealkylation sites (N-methyl/N-ethyl adjacent to an activating group) is 1. The lowest BCUT2D eigenvalue weighted by molar-refractivity contribution is 0.0219. The molecule has 4 atom stereocenters. The highest BCUT2D eigenvalue weighted by molar-refractivity contribution is 5.71. The van der Waals surface area contributed by atoms with E-state index in [0.29, 0.717) is 44.8 Å². The largest absolute Gasteiger partial charge is 0.462 e. The number of hydrogen-bond acceptors (Lipinski definition) is 10. The molecule has 3 aliphatic heterocycles. The number of fused-ring (bicyclic) bond motifs is 4. The Morgan fingerprint density at radius 3 is 2.54 bits per heavy atom. The van der Waals surface area contributed by atoms with Gasteiger partial charge in [-0.25, -0.2) is 9.59 Å². The molecule has 12 heteroatoms. The lowest BCUT2D eigenvalue weighted by Crippen LogP contribution is -2.55.